The van der Waals surface area contributed by atoms with E-state index < -0.39 is 6.36 Å². The van der Waals surface area contributed by atoms with Crippen LogP contribution in [0, 0.1) is 22.7 Å². The van der Waals surface area contributed by atoms with E-state index in [0.717, 1.165) is 32.2 Å². The molecule has 1 aliphatic carbocycles. The van der Waals surface area contributed by atoms with E-state index in [4.69, 9.17) is 0 Å². The largest absolute Gasteiger partial charge is 0.573 e. The Morgan fingerprint density at radius 1 is 1.09 bits per heavy atom. The second-order valence-electron chi connectivity index (χ2n) is 10.1. The number of benzene rings is 1. The van der Waals surface area contributed by atoms with Gasteiger partial charge in [-0.05, 0) is 43.1 Å². The van der Waals surface area contributed by atoms with Gasteiger partial charge < -0.3 is 20.7 Å². The van der Waals surface area contributed by atoms with Crippen LogP contribution in [-0.4, -0.2) is 35.5 Å². The zero-order chi connectivity index (χ0) is 25.5. The Morgan fingerprint density at radius 2 is 1.80 bits per heavy atom. The number of anilines is 2. The van der Waals surface area contributed by atoms with Gasteiger partial charge in [-0.25, -0.2) is 4.98 Å². The van der Waals surface area contributed by atoms with E-state index >= 15 is 0 Å². The van der Waals surface area contributed by atoms with Gasteiger partial charge >= 0.3 is 6.36 Å². The van der Waals surface area contributed by atoms with Crippen molar-refractivity contribution in [2.75, 3.05) is 23.7 Å². The van der Waals surface area contributed by atoms with Crippen molar-refractivity contribution in [2.45, 2.75) is 65.4 Å². The molecule has 3 rings (SSSR count). The van der Waals surface area contributed by atoms with Gasteiger partial charge in [0.15, 0.2) is 0 Å². The Kier molecular flexibility index (Phi) is 8.78. The number of hydrogen-bond acceptors (Lipinski definition) is 7. The van der Waals surface area contributed by atoms with Crippen molar-refractivity contribution < 1.29 is 17.9 Å². The molecule has 1 aliphatic rings. The van der Waals surface area contributed by atoms with Crippen LogP contribution in [0.1, 0.15) is 57.6 Å². The zero-order valence-electron chi connectivity index (χ0n) is 20.4. The third-order valence-electron chi connectivity index (χ3n) is 5.87. The Balaban J connectivity index is 1.55. The maximum absolute atomic E-state index is 12.7. The number of alkyl halides is 3. The number of halogens is 3. The molecule has 35 heavy (non-hydrogen) atoms. The number of hydrogen-bond donors (Lipinski definition) is 3. The maximum atomic E-state index is 12.7. The Labute approximate surface area is 204 Å². The fourth-order valence-electron chi connectivity index (χ4n) is 3.99. The minimum atomic E-state index is -4.78. The van der Waals surface area contributed by atoms with Gasteiger partial charge in [-0.2, -0.15) is 10.2 Å². The van der Waals surface area contributed by atoms with E-state index in [0.29, 0.717) is 35.4 Å². The predicted octanol–water partition coefficient (Wildman–Crippen LogP) is 5.47. The first-order chi connectivity index (χ1) is 16.5. The van der Waals surface area contributed by atoms with Crippen molar-refractivity contribution in [1.82, 2.24) is 15.3 Å². The summed E-state index contributed by atoms with van der Waals surface area (Å²) in [6, 6.07) is 8.51. The molecule has 1 heterocycles. The molecule has 1 fully saturated rings. The number of para-hydroxylation sites is 1. The smallest absolute Gasteiger partial charge is 0.405 e. The van der Waals surface area contributed by atoms with E-state index in [1.54, 1.807) is 6.07 Å². The van der Waals surface area contributed by atoms with Crippen molar-refractivity contribution >= 4 is 11.8 Å². The summed E-state index contributed by atoms with van der Waals surface area (Å²) in [5.74, 6) is 0.820. The van der Waals surface area contributed by atoms with Gasteiger partial charge in [0.2, 0.25) is 5.95 Å². The molecule has 0 aliphatic heterocycles. The molecule has 190 valence electrons. The first-order valence-electron chi connectivity index (χ1n) is 11.8. The lowest BCUT2D eigenvalue weighted by molar-refractivity contribution is -0.274. The average Bonchev–Trinajstić information content (AvgIpc) is 2.80. The van der Waals surface area contributed by atoms with Gasteiger partial charge in [-0.3, -0.25) is 0 Å². The van der Waals surface area contributed by atoms with Crippen molar-refractivity contribution in [3.63, 3.8) is 0 Å². The van der Waals surface area contributed by atoms with Gasteiger partial charge in [-0.1, -0.05) is 39.0 Å². The van der Waals surface area contributed by atoms with E-state index in [1.807, 2.05) is 0 Å². The molecule has 2 aromatic rings. The highest BCUT2D eigenvalue weighted by Gasteiger charge is 2.32. The van der Waals surface area contributed by atoms with E-state index in [1.165, 1.54) is 24.4 Å². The Bertz CT molecular complexity index is 1010. The summed E-state index contributed by atoms with van der Waals surface area (Å²) < 4.78 is 42.1. The second-order valence-corrected chi connectivity index (χ2v) is 10.1. The monoisotopic (exact) mass is 490 g/mol. The number of nitrogens with zero attached hydrogens (tertiary/aromatic N) is 3. The van der Waals surface area contributed by atoms with Crippen LogP contribution in [0.15, 0.2) is 30.5 Å². The number of aromatic nitrogens is 2. The molecular formula is C25H33F3N6O. The Hall–Kier alpha value is -3.06. The number of rotatable bonds is 9. The van der Waals surface area contributed by atoms with E-state index in [-0.39, 0.29) is 23.7 Å². The van der Waals surface area contributed by atoms with Crippen LogP contribution >= 0.6 is 0 Å². The average molecular weight is 491 g/mol. The minimum Gasteiger partial charge on any atom is -0.405 e. The number of ether oxygens (including phenoxy) is 1. The van der Waals surface area contributed by atoms with Crippen molar-refractivity contribution in [3.05, 3.63) is 41.6 Å². The summed E-state index contributed by atoms with van der Waals surface area (Å²) in [4.78, 5) is 8.51. The molecule has 7 nitrogen and oxygen atoms in total. The molecule has 0 amide bonds. The topological polar surface area (TPSA) is 94.9 Å². The van der Waals surface area contributed by atoms with Crippen LogP contribution in [0.5, 0.6) is 5.75 Å². The van der Waals surface area contributed by atoms with E-state index in [9.17, 15) is 18.4 Å². The molecule has 3 N–H and O–H groups in total. The first-order valence-corrected chi connectivity index (χ1v) is 11.8. The molecule has 1 aromatic heterocycles. The molecular weight excluding hydrogens is 457 g/mol. The lowest BCUT2D eigenvalue weighted by Crippen LogP contribution is -2.39. The maximum Gasteiger partial charge on any atom is 0.573 e. The Morgan fingerprint density at radius 3 is 2.46 bits per heavy atom. The highest BCUT2D eigenvalue weighted by atomic mass is 19.4. The summed E-state index contributed by atoms with van der Waals surface area (Å²) in [5.41, 5.74) is 0.888. The lowest BCUT2D eigenvalue weighted by atomic mass is 9.85. The van der Waals surface area contributed by atoms with Gasteiger partial charge in [-0.15, -0.1) is 13.2 Å². The summed E-state index contributed by atoms with van der Waals surface area (Å²) in [6.07, 6.45) is 1.03. The van der Waals surface area contributed by atoms with Gasteiger partial charge in [0.05, 0.1) is 6.20 Å². The third-order valence-corrected chi connectivity index (χ3v) is 5.87. The van der Waals surface area contributed by atoms with Gasteiger partial charge in [0, 0.05) is 31.2 Å². The number of nitrogens with one attached hydrogen (secondary N) is 3. The SMILES string of the molecule is CC(C)(C)CN[C@H]1CC[C@H](CNc2nc(NCc3ccccc3OC(F)(F)F)ncc2C#N)CC1. The van der Waals surface area contributed by atoms with Gasteiger partial charge in [0.25, 0.3) is 0 Å². The number of nitriles is 1. The molecule has 0 saturated heterocycles. The van der Waals surface area contributed by atoms with Crippen LogP contribution in [0.2, 0.25) is 0 Å². The van der Waals surface area contributed by atoms with Crippen molar-refractivity contribution in [1.29, 1.82) is 5.26 Å². The highest BCUT2D eigenvalue weighted by molar-refractivity contribution is 5.53. The third kappa shape index (κ3) is 8.91. The minimum absolute atomic E-state index is 0.0309. The first kappa shape index (κ1) is 26.5. The predicted molar refractivity (Wildman–Crippen MR) is 129 cm³/mol. The fraction of sp³-hybridized carbons (Fsp3) is 0.560. The molecule has 1 aromatic carbocycles. The summed E-state index contributed by atoms with van der Waals surface area (Å²) in [6.45, 7) is 8.39. The van der Waals surface area contributed by atoms with Crippen molar-refractivity contribution in [2.24, 2.45) is 11.3 Å². The van der Waals surface area contributed by atoms with Gasteiger partial charge in [0.1, 0.15) is 23.2 Å². The second kappa shape index (κ2) is 11.6. The zero-order valence-corrected chi connectivity index (χ0v) is 20.4. The summed E-state index contributed by atoms with van der Waals surface area (Å²) >= 11 is 0. The highest BCUT2D eigenvalue weighted by Crippen LogP contribution is 2.28. The fourth-order valence-corrected chi connectivity index (χ4v) is 3.99. The van der Waals surface area contributed by atoms with E-state index in [2.05, 4.69) is 57.5 Å². The standard InChI is InChI=1S/C25H33F3N6O/c1-24(2,3)16-33-20-10-8-17(9-11-20)13-30-22-19(12-29)15-32-23(34-22)31-14-18-6-4-5-7-21(18)35-25(26,27)28/h4-7,15,17,20,33H,8-11,13-14,16H2,1-3H3,(H2,30,31,32,34)/t17-,20-. The molecule has 0 atom stereocenters. The molecule has 10 heteroatoms. The summed E-state index contributed by atoms with van der Waals surface area (Å²) in [5, 5.41) is 19.3. The normalized spacial score (nSPS) is 18.5. The molecule has 0 spiro atoms. The van der Waals surface area contributed by atoms with Crippen LogP contribution in [0.4, 0.5) is 24.9 Å². The van der Waals surface area contributed by atoms with Crippen LogP contribution in [0.3, 0.4) is 0 Å². The van der Waals surface area contributed by atoms with Crippen molar-refractivity contribution in [3.8, 4) is 11.8 Å². The molecule has 0 unspecified atom stereocenters. The molecule has 1 saturated carbocycles. The summed E-state index contributed by atoms with van der Waals surface area (Å²) in [7, 11) is 0. The van der Waals surface area contributed by atoms with Crippen LogP contribution < -0.4 is 20.7 Å². The molecule has 0 bridgehead atoms. The quantitative estimate of drug-likeness (QED) is 0.429. The molecule has 0 radical (unpaired) electrons. The van der Waals surface area contributed by atoms with Crippen LogP contribution in [-0.2, 0) is 6.54 Å². The lowest BCUT2D eigenvalue weighted by Gasteiger charge is -2.31. The van der Waals surface area contributed by atoms with Crippen LogP contribution in [0.25, 0.3) is 0 Å².